The molecule has 0 spiro atoms. The van der Waals surface area contributed by atoms with Crippen LogP contribution in [0.1, 0.15) is 32.6 Å². The fraction of sp³-hybridized carbons (Fsp3) is 0.417. The number of nitrogens with zero attached hydrogens (tertiary/aromatic N) is 1. The first-order chi connectivity index (χ1) is 16.2. The molecular formula is C24H31N3O5S2. The molecule has 0 unspecified atom stereocenters. The molecule has 34 heavy (non-hydrogen) atoms. The van der Waals surface area contributed by atoms with Crippen LogP contribution >= 0.6 is 12.6 Å². The van der Waals surface area contributed by atoms with Crippen molar-refractivity contribution in [2.75, 3.05) is 19.6 Å². The third kappa shape index (κ3) is 7.75. The van der Waals surface area contributed by atoms with E-state index in [4.69, 9.17) is 4.74 Å². The van der Waals surface area contributed by atoms with Crippen molar-refractivity contribution in [3.05, 3.63) is 54.6 Å². The topological polar surface area (TPSA) is 105 Å². The van der Waals surface area contributed by atoms with Crippen LogP contribution in [0.4, 0.5) is 0 Å². The Morgan fingerprint density at radius 1 is 1.00 bits per heavy atom. The predicted octanol–water partition coefficient (Wildman–Crippen LogP) is 2.96. The lowest BCUT2D eigenvalue weighted by Crippen LogP contribution is -2.41. The van der Waals surface area contributed by atoms with Crippen LogP contribution in [0.15, 0.2) is 59.5 Å². The highest BCUT2D eigenvalue weighted by atomic mass is 32.2. The van der Waals surface area contributed by atoms with Crippen LogP contribution in [0.5, 0.6) is 11.5 Å². The van der Waals surface area contributed by atoms with Crippen LogP contribution in [-0.4, -0.2) is 56.1 Å². The Morgan fingerprint density at radius 3 is 2.35 bits per heavy atom. The van der Waals surface area contributed by atoms with Gasteiger partial charge in [-0.05, 0) is 49.2 Å². The summed E-state index contributed by atoms with van der Waals surface area (Å²) in [7, 11) is -3.78. The number of sulfonamides is 1. The Morgan fingerprint density at radius 2 is 1.68 bits per heavy atom. The maximum atomic E-state index is 12.9. The summed E-state index contributed by atoms with van der Waals surface area (Å²) < 4.78 is 34.2. The van der Waals surface area contributed by atoms with Crippen molar-refractivity contribution in [1.82, 2.24) is 14.9 Å². The number of hydrogen-bond donors (Lipinski definition) is 3. The third-order valence-corrected chi connectivity index (χ3v) is 7.53. The molecule has 184 valence electrons. The Labute approximate surface area is 206 Å². The number of para-hydroxylation sites is 1. The Kier molecular flexibility index (Phi) is 9.37. The van der Waals surface area contributed by atoms with Crippen LogP contribution in [0.3, 0.4) is 0 Å². The van der Waals surface area contributed by atoms with Gasteiger partial charge in [-0.2, -0.15) is 12.6 Å². The minimum Gasteiger partial charge on any atom is -0.457 e. The van der Waals surface area contributed by atoms with Crippen molar-refractivity contribution < 1.29 is 22.7 Å². The number of ether oxygens (including phenoxy) is 1. The SMILES string of the molecule is CC(=O)NCCCCCC(=O)N1C[C@@H](S)[C@H](NS(=O)(=O)c2ccc(Oc3ccccc3)cc2)C1. The number of unbranched alkanes of at least 4 members (excludes halogenated alkanes) is 2. The van der Waals surface area contributed by atoms with E-state index in [9.17, 15) is 18.0 Å². The molecule has 1 fully saturated rings. The molecule has 2 aromatic carbocycles. The van der Waals surface area contributed by atoms with E-state index in [1.165, 1.54) is 19.1 Å². The zero-order chi connectivity index (χ0) is 24.6. The average molecular weight is 506 g/mol. The summed E-state index contributed by atoms with van der Waals surface area (Å²) in [5, 5.41) is 2.44. The van der Waals surface area contributed by atoms with E-state index in [2.05, 4.69) is 22.7 Å². The molecule has 1 aliphatic rings. The fourth-order valence-corrected chi connectivity index (χ4v) is 5.42. The second kappa shape index (κ2) is 12.2. The molecule has 0 aromatic heterocycles. The zero-order valence-corrected chi connectivity index (χ0v) is 20.9. The number of amides is 2. The van der Waals surface area contributed by atoms with Gasteiger partial charge in [0, 0.05) is 38.2 Å². The molecule has 2 aromatic rings. The van der Waals surface area contributed by atoms with Crippen molar-refractivity contribution in [3.63, 3.8) is 0 Å². The Hall–Kier alpha value is -2.56. The lowest BCUT2D eigenvalue weighted by Gasteiger charge is -2.17. The number of benzene rings is 2. The third-order valence-electron chi connectivity index (χ3n) is 5.50. The number of carbonyl (C=O) groups excluding carboxylic acids is 2. The first kappa shape index (κ1) is 26.1. The van der Waals surface area contributed by atoms with Gasteiger partial charge < -0.3 is 15.0 Å². The molecule has 0 radical (unpaired) electrons. The molecule has 2 N–H and O–H groups in total. The summed E-state index contributed by atoms with van der Waals surface area (Å²) >= 11 is 4.51. The van der Waals surface area contributed by atoms with E-state index >= 15 is 0 Å². The average Bonchev–Trinajstić information content (AvgIpc) is 3.16. The lowest BCUT2D eigenvalue weighted by atomic mass is 10.2. The van der Waals surface area contributed by atoms with E-state index in [1.54, 1.807) is 17.0 Å². The van der Waals surface area contributed by atoms with Crippen LogP contribution in [0.2, 0.25) is 0 Å². The highest BCUT2D eigenvalue weighted by Crippen LogP contribution is 2.24. The monoisotopic (exact) mass is 505 g/mol. The van der Waals surface area contributed by atoms with Crippen LogP contribution in [0, 0.1) is 0 Å². The van der Waals surface area contributed by atoms with Gasteiger partial charge in [-0.15, -0.1) is 0 Å². The quantitative estimate of drug-likeness (QED) is 0.322. The summed E-state index contributed by atoms with van der Waals surface area (Å²) in [5.74, 6) is 1.13. The molecule has 2 amide bonds. The zero-order valence-electron chi connectivity index (χ0n) is 19.1. The lowest BCUT2D eigenvalue weighted by molar-refractivity contribution is -0.130. The van der Waals surface area contributed by atoms with E-state index in [1.807, 2.05) is 30.3 Å². The Balaban J connectivity index is 1.48. The molecule has 1 saturated heterocycles. The van der Waals surface area contributed by atoms with E-state index in [-0.39, 0.29) is 28.5 Å². The molecule has 1 heterocycles. The molecule has 2 atom stereocenters. The summed E-state index contributed by atoms with van der Waals surface area (Å²) in [6.45, 7) is 2.76. The summed E-state index contributed by atoms with van der Waals surface area (Å²) in [6, 6.07) is 15.0. The van der Waals surface area contributed by atoms with Crippen molar-refractivity contribution in [2.45, 2.75) is 48.8 Å². The van der Waals surface area contributed by atoms with Gasteiger partial charge in [-0.1, -0.05) is 24.6 Å². The second-order valence-corrected chi connectivity index (χ2v) is 10.7. The number of hydrogen-bond acceptors (Lipinski definition) is 6. The van der Waals surface area contributed by atoms with Crippen molar-refractivity contribution in [3.8, 4) is 11.5 Å². The van der Waals surface area contributed by atoms with Crippen LogP contribution in [-0.2, 0) is 19.6 Å². The molecule has 1 aliphatic heterocycles. The summed E-state index contributed by atoms with van der Waals surface area (Å²) in [4.78, 5) is 25.2. The molecular weight excluding hydrogens is 474 g/mol. The number of thiol groups is 1. The van der Waals surface area contributed by atoms with Crippen molar-refractivity contribution in [2.24, 2.45) is 0 Å². The van der Waals surface area contributed by atoms with Gasteiger partial charge in [-0.3, -0.25) is 9.59 Å². The second-order valence-electron chi connectivity index (χ2n) is 8.27. The molecule has 3 rings (SSSR count). The highest BCUT2D eigenvalue weighted by molar-refractivity contribution is 7.89. The highest BCUT2D eigenvalue weighted by Gasteiger charge is 2.35. The van der Waals surface area contributed by atoms with Crippen molar-refractivity contribution >= 4 is 34.5 Å². The maximum Gasteiger partial charge on any atom is 0.240 e. The van der Waals surface area contributed by atoms with Crippen LogP contribution in [0.25, 0.3) is 0 Å². The first-order valence-corrected chi connectivity index (χ1v) is 13.3. The molecule has 8 nitrogen and oxygen atoms in total. The molecule has 0 saturated carbocycles. The number of likely N-dealkylation sites (tertiary alicyclic amines) is 1. The van der Waals surface area contributed by atoms with Gasteiger partial charge >= 0.3 is 0 Å². The van der Waals surface area contributed by atoms with E-state index < -0.39 is 16.1 Å². The Bertz CT molecular complexity index is 1060. The number of rotatable bonds is 11. The van der Waals surface area contributed by atoms with Gasteiger partial charge in [0.05, 0.1) is 10.9 Å². The first-order valence-electron chi connectivity index (χ1n) is 11.3. The standard InChI is InChI=1S/C24H31N3O5S2/c1-18(28)25-15-7-3-6-10-24(29)27-16-22(23(33)17-27)26-34(30,31)21-13-11-20(12-14-21)32-19-8-4-2-5-9-19/h2,4-5,8-9,11-14,22-23,26,33H,3,6-7,10,15-17H2,1H3,(H,25,28)/t22-,23-/m1/s1. The van der Waals surface area contributed by atoms with Gasteiger partial charge in [0.1, 0.15) is 11.5 Å². The van der Waals surface area contributed by atoms with Gasteiger partial charge in [0.2, 0.25) is 21.8 Å². The molecule has 0 bridgehead atoms. The smallest absolute Gasteiger partial charge is 0.240 e. The summed E-state index contributed by atoms with van der Waals surface area (Å²) in [5.41, 5.74) is 0. The largest absolute Gasteiger partial charge is 0.457 e. The normalized spacial score (nSPS) is 18.0. The van der Waals surface area contributed by atoms with E-state index in [0.29, 0.717) is 31.0 Å². The van der Waals surface area contributed by atoms with E-state index in [0.717, 1.165) is 19.3 Å². The van der Waals surface area contributed by atoms with Crippen molar-refractivity contribution in [1.29, 1.82) is 0 Å². The van der Waals surface area contributed by atoms with Gasteiger partial charge in [-0.25, -0.2) is 13.1 Å². The maximum absolute atomic E-state index is 12.9. The number of carbonyl (C=O) groups is 2. The fourth-order valence-electron chi connectivity index (χ4n) is 3.69. The minimum absolute atomic E-state index is 0.0114. The predicted molar refractivity (Wildman–Crippen MR) is 134 cm³/mol. The van der Waals surface area contributed by atoms with Gasteiger partial charge in [0.15, 0.2) is 0 Å². The number of nitrogens with one attached hydrogen (secondary N) is 2. The summed E-state index contributed by atoms with van der Waals surface area (Å²) in [6.07, 6.45) is 2.77. The minimum atomic E-state index is -3.78. The molecule has 10 heteroatoms. The molecule has 0 aliphatic carbocycles. The van der Waals surface area contributed by atoms with Gasteiger partial charge in [0.25, 0.3) is 0 Å². The van der Waals surface area contributed by atoms with Crippen LogP contribution < -0.4 is 14.8 Å².